The van der Waals surface area contributed by atoms with Crippen molar-refractivity contribution in [3.63, 3.8) is 0 Å². The van der Waals surface area contributed by atoms with E-state index >= 15 is 0 Å². The second kappa shape index (κ2) is 6.02. The number of pyridine rings is 1. The largest absolute Gasteiger partial charge is 0.325 e. The molecule has 2 fully saturated rings. The summed E-state index contributed by atoms with van der Waals surface area (Å²) >= 11 is 0. The molecule has 0 bridgehead atoms. The fourth-order valence-electron chi connectivity index (χ4n) is 3.94. The minimum Gasteiger partial charge on any atom is -0.325 e. The van der Waals surface area contributed by atoms with Crippen molar-refractivity contribution in [2.24, 2.45) is 11.7 Å². The van der Waals surface area contributed by atoms with Crippen LogP contribution in [0.25, 0.3) is 0 Å². The molecular weight excluding hydrogens is 234 g/mol. The van der Waals surface area contributed by atoms with Crippen LogP contribution >= 0.6 is 0 Å². The van der Waals surface area contributed by atoms with Crippen molar-refractivity contribution >= 4 is 0 Å². The van der Waals surface area contributed by atoms with Gasteiger partial charge in [-0.3, -0.25) is 9.88 Å². The second-order valence-electron chi connectivity index (χ2n) is 6.04. The Labute approximate surface area is 116 Å². The zero-order valence-corrected chi connectivity index (χ0v) is 11.7. The SMILES string of the molecule is NCc1ncccc1CN1CCCC2CCCCC21. The highest BCUT2D eigenvalue weighted by Gasteiger charge is 2.33. The third kappa shape index (κ3) is 2.82. The summed E-state index contributed by atoms with van der Waals surface area (Å²) in [5, 5.41) is 0. The lowest BCUT2D eigenvalue weighted by atomic mass is 9.78. The van der Waals surface area contributed by atoms with Crippen LogP contribution in [-0.2, 0) is 13.1 Å². The minimum absolute atomic E-state index is 0.554. The number of fused-ring (bicyclic) bond motifs is 1. The molecular formula is C16H25N3. The van der Waals surface area contributed by atoms with E-state index < -0.39 is 0 Å². The van der Waals surface area contributed by atoms with Crippen molar-refractivity contribution in [1.82, 2.24) is 9.88 Å². The molecule has 0 spiro atoms. The van der Waals surface area contributed by atoms with Crippen molar-refractivity contribution in [3.8, 4) is 0 Å². The van der Waals surface area contributed by atoms with Gasteiger partial charge in [0.15, 0.2) is 0 Å². The van der Waals surface area contributed by atoms with E-state index in [2.05, 4.69) is 16.0 Å². The van der Waals surface area contributed by atoms with Gasteiger partial charge in [-0.15, -0.1) is 0 Å². The number of piperidine rings is 1. The maximum absolute atomic E-state index is 5.81. The Morgan fingerprint density at radius 2 is 2.05 bits per heavy atom. The van der Waals surface area contributed by atoms with Crippen molar-refractivity contribution in [1.29, 1.82) is 0 Å². The summed E-state index contributed by atoms with van der Waals surface area (Å²) in [6.45, 7) is 2.85. The van der Waals surface area contributed by atoms with Gasteiger partial charge in [0.25, 0.3) is 0 Å². The maximum Gasteiger partial charge on any atom is 0.0584 e. The van der Waals surface area contributed by atoms with E-state index in [1.165, 1.54) is 50.6 Å². The predicted octanol–water partition coefficient (Wildman–Crippen LogP) is 2.69. The standard InChI is InChI=1S/C16H25N3/c17-11-15-14(6-3-9-18-15)12-19-10-4-7-13-5-1-2-8-16(13)19/h3,6,9,13,16H,1-2,4-5,7-8,10-12,17H2. The summed E-state index contributed by atoms with van der Waals surface area (Å²) in [6.07, 6.45) is 10.3. The van der Waals surface area contributed by atoms with Gasteiger partial charge in [0, 0.05) is 25.3 Å². The van der Waals surface area contributed by atoms with Crippen molar-refractivity contribution in [2.75, 3.05) is 6.54 Å². The molecule has 3 rings (SSSR count). The summed E-state index contributed by atoms with van der Waals surface area (Å²) in [6, 6.07) is 5.05. The molecule has 1 saturated carbocycles. The van der Waals surface area contributed by atoms with E-state index in [4.69, 9.17) is 5.73 Å². The average Bonchev–Trinajstić information content (AvgIpc) is 2.48. The smallest absolute Gasteiger partial charge is 0.0584 e. The van der Waals surface area contributed by atoms with Gasteiger partial charge in [-0.1, -0.05) is 18.9 Å². The van der Waals surface area contributed by atoms with Crippen molar-refractivity contribution in [2.45, 2.75) is 57.7 Å². The number of hydrogen-bond acceptors (Lipinski definition) is 3. The zero-order valence-electron chi connectivity index (χ0n) is 11.7. The third-order valence-corrected chi connectivity index (χ3v) is 4.91. The van der Waals surface area contributed by atoms with Crippen LogP contribution in [0.4, 0.5) is 0 Å². The van der Waals surface area contributed by atoms with Crippen LogP contribution in [-0.4, -0.2) is 22.5 Å². The summed E-state index contributed by atoms with van der Waals surface area (Å²) in [5.74, 6) is 0.945. The lowest BCUT2D eigenvalue weighted by Gasteiger charge is -2.44. The summed E-state index contributed by atoms with van der Waals surface area (Å²) < 4.78 is 0. The van der Waals surface area contributed by atoms with E-state index in [1.54, 1.807) is 0 Å². The number of aromatic nitrogens is 1. The van der Waals surface area contributed by atoms with Gasteiger partial charge in [0.05, 0.1) is 5.69 Å². The van der Waals surface area contributed by atoms with Crippen LogP contribution in [0.15, 0.2) is 18.3 Å². The molecule has 1 aliphatic heterocycles. The van der Waals surface area contributed by atoms with Crippen molar-refractivity contribution < 1.29 is 0 Å². The monoisotopic (exact) mass is 259 g/mol. The molecule has 104 valence electrons. The van der Waals surface area contributed by atoms with Crippen LogP contribution < -0.4 is 5.73 Å². The quantitative estimate of drug-likeness (QED) is 0.907. The molecule has 2 aliphatic rings. The molecule has 2 heterocycles. The lowest BCUT2D eigenvalue weighted by molar-refractivity contribution is 0.0544. The Balaban J connectivity index is 1.74. The molecule has 3 nitrogen and oxygen atoms in total. The topological polar surface area (TPSA) is 42.1 Å². The summed E-state index contributed by atoms with van der Waals surface area (Å²) in [4.78, 5) is 7.11. The molecule has 1 saturated heterocycles. The van der Waals surface area contributed by atoms with E-state index in [0.29, 0.717) is 6.54 Å². The average molecular weight is 259 g/mol. The molecule has 3 heteroatoms. The van der Waals surface area contributed by atoms with Crippen molar-refractivity contribution in [3.05, 3.63) is 29.6 Å². The minimum atomic E-state index is 0.554. The Hall–Kier alpha value is -0.930. The number of nitrogens with zero attached hydrogens (tertiary/aromatic N) is 2. The fraction of sp³-hybridized carbons (Fsp3) is 0.688. The number of rotatable bonds is 3. The van der Waals surface area contributed by atoms with Gasteiger partial charge in [0.2, 0.25) is 0 Å². The van der Waals surface area contributed by atoms with Gasteiger partial charge >= 0.3 is 0 Å². The van der Waals surface area contributed by atoms with Gasteiger partial charge < -0.3 is 5.73 Å². The number of nitrogens with two attached hydrogens (primary N) is 1. The van der Waals surface area contributed by atoms with Crippen LogP contribution in [0.5, 0.6) is 0 Å². The van der Waals surface area contributed by atoms with Gasteiger partial charge in [-0.2, -0.15) is 0 Å². The highest BCUT2D eigenvalue weighted by atomic mass is 15.2. The molecule has 2 N–H and O–H groups in total. The van der Waals surface area contributed by atoms with E-state index in [1.807, 2.05) is 12.3 Å². The van der Waals surface area contributed by atoms with E-state index in [0.717, 1.165) is 24.2 Å². The molecule has 19 heavy (non-hydrogen) atoms. The second-order valence-corrected chi connectivity index (χ2v) is 6.04. The molecule has 2 atom stereocenters. The maximum atomic E-state index is 5.81. The molecule has 0 aromatic carbocycles. The highest BCUT2D eigenvalue weighted by molar-refractivity contribution is 5.19. The first-order valence-corrected chi connectivity index (χ1v) is 7.75. The molecule has 2 unspecified atom stereocenters. The zero-order chi connectivity index (χ0) is 13.1. The highest BCUT2D eigenvalue weighted by Crippen LogP contribution is 2.36. The Morgan fingerprint density at radius 3 is 2.95 bits per heavy atom. The number of likely N-dealkylation sites (tertiary alicyclic amines) is 1. The lowest BCUT2D eigenvalue weighted by Crippen LogP contribution is -2.46. The van der Waals surface area contributed by atoms with Gasteiger partial charge in [0.1, 0.15) is 0 Å². The van der Waals surface area contributed by atoms with Crippen LogP contribution in [0.3, 0.4) is 0 Å². The van der Waals surface area contributed by atoms with Crippen LogP contribution in [0.2, 0.25) is 0 Å². The first-order valence-electron chi connectivity index (χ1n) is 7.75. The normalized spacial score (nSPS) is 28.1. The summed E-state index contributed by atoms with van der Waals surface area (Å²) in [5.41, 5.74) is 8.21. The predicted molar refractivity (Wildman–Crippen MR) is 77.5 cm³/mol. The first-order chi connectivity index (χ1) is 9.38. The summed E-state index contributed by atoms with van der Waals surface area (Å²) in [7, 11) is 0. The van der Waals surface area contributed by atoms with Gasteiger partial charge in [-0.05, 0) is 49.8 Å². The third-order valence-electron chi connectivity index (χ3n) is 4.91. The first kappa shape index (κ1) is 13.1. The molecule has 0 radical (unpaired) electrons. The molecule has 1 aromatic rings. The fourth-order valence-corrected chi connectivity index (χ4v) is 3.94. The Kier molecular flexibility index (Phi) is 4.14. The molecule has 1 aliphatic carbocycles. The molecule has 1 aromatic heterocycles. The Bertz CT molecular complexity index is 416. The number of hydrogen-bond donors (Lipinski definition) is 1. The molecule has 0 amide bonds. The van der Waals surface area contributed by atoms with Gasteiger partial charge in [-0.25, -0.2) is 0 Å². The Morgan fingerprint density at radius 1 is 1.21 bits per heavy atom. The van der Waals surface area contributed by atoms with E-state index in [9.17, 15) is 0 Å². The van der Waals surface area contributed by atoms with Crippen LogP contribution in [0, 0.1) is 5.92 Å². The van der Waals surface area contributed by atoms with E-state index in [-0.39, 0.29) is 0 Å². The van der Waals surface area contributed by atoms with Crippen LogP contribution in [0.1, 0.15) is 49.8 Å².